The summed E-state index contributed by atoms with van der Waals surface area (Å²) in [6, 6.07) is 9.81. The average molecular weight is 233 g/mol. The maximum atomic E-state index is 11.5. The molecule has 1 saturated carbocycles. The molecule has 0 aliphatic heterocycles. The fourth-order valence-corrected chi connectivity index (χ4v) is 2.78. The van der Waals surface area contributed by atoms with E-state index in [2.05, 4.69) is 0 Å². The molecule has 0 bridgehead atoms. The number of aliphatic carboxylic acids is 1. The summed E-state index contributed by atoms with van der Waals surface area (Å²) in [5, 5.41) is 9.43. The number of carbonyl (C=O) groups is 1. The van der Waals surface area contributed by atoms with Gasteiger partial charge in [0.1, 0.15) is 5.54 Å². The van der Waals surface area contributed by atoms with Crippen LogP contribution in [0, 0.1) is 0 Å². The summed E-state index contributed by atoms with van der Waals surface area (Å²) >= 11 is 0. The topological polar surface area (TPSA) is 63.3 Å². The minimum absolute atomic E-state index is 0.0660. The zero-order chi connectivity index (χ0) is 12.3. The van der Waals surface area contributed by atoms with Crippen molar-refractivity contribution in [2.75, 3.05) is 0 Å². The van der Waals surface area contributed by atoms with E-state index in [0.717, 1.165) is 31.2 Å². The minimum Gasteiger partial charge on any atom is -0.480 e. The minimum atomic E-state index is -1.10. The van der Waals surface area contributed by atoms with Gasteiger partial charge in [-0.1, -0.05) is 49.6 Å². The second-order valence-corrected chi connectivity index (χ2v) is 4.91. The van der Waals surface area contributed by atoms with E-state index in [1.807, 2.05) is 30.3 Å². The van der Waals surface area contributed by atoms with Crippen molar-refractivity contribution in [2.24, 2.45) is 5.73 Å². The molecule has 0 heterocycles. The Balaban J connectivity index is 2.36. The lowest BCUT2D eigenvalue weighted by molar-refractivity contribution is -0.144. The summed E-state index contributed by atoms with van der Waals surface area (Å²) < 4.78 is 0. The normalized spacial score (nSPS) is 29.6. The van der Waals surface area contributed by atoms with Gasteiger partial charge in [0.2, 0.25) is 0 Å². The van der Waals surface area contributed by atoms with Gasteiger partial charge in [-0.3, -0.25) is 4.79 Å². The zero-order valence-corrected chi connectivity index (χ0v) is 9.93. The lowest BCUT2D eigenvalue weighted by Gasteiger charge is -2.32. The molecule has 0 saturated heterocycles. The van der Waals surface area contributed by atoms with Gasteiger partial charge in [-0.25, -0.2) is 0 Å². The van der Waals surface area contributed by atoms with Gasteiger partial charge < -0.3 is 10.8 Å². The molecule has 17 heavy (non-hydrogen) atoms. The lowest BCUT2D eigenvalue weighted by Crippen LogP contribution is -2.52. The number of rotatable bonds is 2. The molecule has 92 valence electrons. The third kappa shape index (κ3) is 2.34. The summed E-state index contributed by atoms with van der Waals surface area (Å²) in [4.78, 5) is 11.5. The molecule has 0 amide bonds. The van der Waals surface area contributed by atoms with Crippen molar-refractivity contribution in [1.82, 2.24) is 0 Å². The van der Waals surface area contributed by atoms with Crippen molar-refractivity contribution in [3.8, 4) is 0 Å². The van der Waals surface area contributed by atoms with Crippen molar-refractivity contribution in [3.05, 3.63) is 35.9 Å². The van der Waals surface area contributed by atoms with Crippen LogP contribution >= 0.6 is 0 Å². The molecule has 1 aliphatic rings. The van der Waals surface area contributed by atoms with Crippen LogP contribution in [0.2, 0.25) is 0 Å². The SMILES string of the molecule is N[C@]1(C(=O)O)CCCCC[C@@H]1c1ccccc1. The highest BCUT2D eigenvalue weighted by atomic mass is 16.4. The number of hydrogen-bond donors (Lipinski definition) is 2. The first-order chi connectivity index (χ1) is 8.14. The first-order valence-electron chi connectivity index (χ1n) is 6.22. The quantitative estimate of drug-likeness (QED) is 0.771. The smallest absolute Gasteiger partial charge is 0.324 e. The molecule has 2 rings (SSSR count). The Morgan fingerprint density at radius 2 is 1.94 bits per heavy atom. The molecule has 0 aromatic heterocycles. The number of carboxylic acids is 1. The van der Waals surface area contributed by atoms with E-state index in [1.165, 1.54) is 0 Å². The first kappa shape index (κ1) is 12.1. The van der Waals surface area contributed by atoms with E-state index in [9.17, 15) is 9.90 Å². The molecule has 0 spiro atoms. The molecule has 3 nitrogen and oxygen atoms in total. The molecule has 0 unspecified atom stereocenters. The Kier molecular flexibility index (Phi) is 3.48. The number of nitrogens with two attached hydrogens (primary N) is 1. The standard InChI is InChI=1S/C14H19NO2/c15-14(13(16)17)10-6-2-5-9-12(14)11-7-3-1-4-8-11/h1,3-4,7-8,12H,2,5-6,9-10,15H2,(H,16,17)/t12-,14-/m1/s1. The van der Waals surface area contributed by atoms with E-state index < -0.39 is 11.5 Å². The van der Waals surface area contributed by atoms with Crippen molar-refractivity contribution < 1.29 is 9.90 Å². The van der Waals surface area contributed by atoms with Gasteiger partial charge in [0.05, 0.1) is 0 Å². The van der Waals surface area contributed by atoms with Gasteiger partial charge in [0.25, 0.3) is 0 Å². The Morgan fingerprint density at radius 3 is 2.59 bits per heavy atom. The highest BCUT2D eigenvalue weighted by Crippen LogP contribution is 2.38. The first-order valence-corrected chi connectivity index (χ1v) is 6.22. The maximum absolute atomic E-state index is 11.5. The molecule has 1 fully saturated rings. The molecular formula is C14H19NO2. The van der Waals surface area contributed by atoms with E-state index >= 15 is 0 Å². The average Bonchev–Trinajstić information content (AvgIpc) is 2.53. The predicted octanol–water partition coefficient (Wildman–Crippen LogP) is 2.52. The molecule has 1 aromatic rings. The summed E-state index contributed by atoms with van der Waals surface area (Å²) in [6.45, 7) is 0. The van der Waals surface area contributed by atoms with Gasteiger partial charge in [-0.2, -0.15) is 0 Å². The zero-order valence-electron chi connectivity index (χ0n) is 9.93. The number of benzene rings is 1. The third-order valence-electron chi connectivity index (χ3n) is 3.81. The molecule has 0 radical (unpaired) electrons. The molecular weight excluding hydrogens is 214 g/mol. The summed E-state index contributed by atoms with van der Waals surface area (Å²) in [5.74, 6) is -0.933. The Morgan fingerprint density at radius 1 is 1.24 bits per heavy atom. The van der Waals surface area contributed by atoms with E-state index in [4.69, 9.17) is 5.73 Å². The molecule has 3 heteroatoms. The van der Waals surface area contributed by atoms with Gasteiger partial charge in [0, 0.05) is 5.92 Å². The third-order valence-corrected chi connectivity index (χ3v) is 3.81. The van der Waals surface area contributed by atoms with E-state index in [1.54, 1.807) is 0 Å². The summed E-state index contributed by atoms with van der Waals surface area (Å²) in [5.41, 5.74) is 6.13. The van der Waals surface area contributed by atoms with Crippen LogP contribution in [0.15, 0.2) is 30.3 Å². The Labute approximate surface area is 102 Å². The Bertz CT molecular complexity index is 390. The van der Waals surface area contributed by atoms with Crippen LogP contribution in [0.4, 0.5) is 0 Å². The van der Waals surface area contributed by atoms with Crippen molar-refractivity contribution in [1.29, 1.82) is 0 Å². The van der Waals surface area contributed by atoms with Gasteiger partial charge in [-0.15, -0.1) is 0 Å². The maximum Gasteiger partial charge on any atom is 0.324 e. The highest BCUT2D eigenvalue weighted by Gasteiger charge is 2.43. The fraction of sp³-hybridized carbons (Fsp3) is 0.500. The molecule has 1 aromatic carbocycles. The summed E-state index contributed by atoms with van der Waals surface area (Å²) in [6.07, 6.45) is 4.49. The largest absolute Gasteiger partial charge is 0.480 e. The molecule has 3 N–H and O–H groups in total. The monoisotopic (exact) mass is 233 g/mol. The predicted molar refractivity (Wildman–Crippen MR) is 66.8 cm³/mol. The van der Waals surface area contributed by atoms with Crippen molar-refractivity contribution >= 4 is 5.97 Å². The van der Waals surface area contributed by atoms with Crippen LogP contribution < -0.4 is 5.73 Å². The number of carboxylic acid groups (broad SMARTS) is 1. The van der Waals surface area contributed by atoms with Gasteiger partial charge in [0.15, 0.2) is 0 Å². The Hall–Kier alpha value is -1.35. The van der Waals surface area contributed by atoms with E-state index in [0.29, 0.717) is 6.42 Å². The highest BCUT2D eigenvalue weighted by molar-refractivity contribution is 5.80. The van der Waals surface area contributed by atoms with Gasteiger partial charge >= 0.3 is 5.97 Å². The van der Waals surface area contributed by atoms with Crippen LogP contribution in [-0.2, 0) is 4.79 Å². The van der Waals surface area contributed by atoms with E-state index in [-0.39, 0.29) is 5.92 Å². The number of hydrogen-bond acceptors (Lipinski definition) is 2. The van der Waals surface area contributed by atoms with Crippen molar-refractivity contribution in [2.45, 2.75) is 43.6 Å². The van der Waals surface area contributed by atoms with Crippen LogP contribution in [-0.4, -0.2) is 16.6 Å². The van der Waals surface area contributed by atoms with Crippen LogP contribution in [0.3, 0.4) is 0 Å². The van der Waals surface area contributed by atoms with Crippen molar-refractivity contribution in [3.63, 3.8) is 0 Å². The summed E-state index contributed by atoms with van der Waals surface area (Å²) in [7, 11) is 0. The van der Waals surface area contributed by atoms with Crippen LogP contribution in [0.25, 0.3) is 0 Å². The molecule has 2 atom stereocenters. The second kappa shape index (κ2) is 4.88. The lowest BCUT2D eigenvalue weighted by atomic mass is 9.76. The molecule has 1 aliphatic carbocycles. The van der Waals surface area contributed by atoms with Gasteiger partial charge in [-0.05, 0) is 18.4 Å². The van der Waals surface area contributed by atoms with Crippen LogP contribution in [0.1, 0.15) is 43.6 Å². The fourth-order valence-electron chi connectivity index (χ4n) is 2.78. The second-order valence-electron chi connectivity index (χ2n) is 4.91. The van der Waals surface area contributed by atoms with Crippen LogP contribution in [0.5, 0.6) is 0 Å².